The summed E-state index contributed by atoms with van der Waals surface area (Å²) in [6.45, 7) is 5.59. The average Bonchev–Trinajstić information content (AvgIpc) is 2.68. The van der Waals surface area contributed by atoms with Gasteiger partial charge in [0, 0.05) is 10.6 Å². The number of aromatic nitrogens is 1. The number of hydrogen-bond donors (Lipinski definition) is 1. The highest BCUT2D eigenvalue weighted by Gasteiger charge is 2.33. The minimum atomic E-state index is -4.36. The predicted molar refractivity (Wildman–Crippen MR) is 75.1 cm³/mol. The van der Waals surface area contributed by atoms with E-state index in [0.29, 0.717) is 0 Å². The lowest BCUT2D eigenvalue weighted by Gasteiger charge is -2.18. The number of para-hydroxylation sites is 1. The molecule has 0 aliphatic carbocycles. The first-order valence-corrected chi connectivity index (χ1v) is 6.97. The van der Waals surface area contributed by atoms with E-state index in [2.05, 4.69) is 10.3 Å². The van der Waals surface area contributed by atoms with Gasteiger partial charge in [-0.2, -0.15) is 13.2 Å². The fourth-order valence-electron chi connectivity index (χ4n) is 2.10. The first-order valence-electron chi connectivity index (χ1n) is 6.15. The molecule has 1 aromatic carbocycles. The zero-order valence-electron chi connectivity index (χ0n) is 11.4. The normalized spacial score (nSPS) is 13.3. The van der Waals surface area contributed by atoms with Crippen molar-refractivity contribution in [1.29, 1.82) is 0 Å². The van der Waals surface area contributed by atoms with Crippen LogP contribution in [0.5, 0.6) is 0 Å². The molecule has 0 radical (unpaired) electrons. The molecule has 0 bridgehead atoms. The van der Waals surface area contributed by atoms with Gasteiger partial charge in [0.15, 0.2) is 0 Å². The molecule has 0 aliphatic rings. The Kier molecular flexibility index (Phi) is 4.04. The number of aryl methyl sites for hydroxylation is 2. The van der Waals surface area contributed by atoms with E-state index < -0.39 is 11.7 Å². The van der Waals surface area contributed by atoms with E-state index in [1.54, 1.807) is 6.07 Å². The summed E-state index contributed by atoms with van der Waals surface area (Å²) in [5.41, 5.74) is 0.306. The Balaban J connectivity index is 2.29. The summed E-state index contributed by atoms with van der Waals surface area (Å²) < 4.78 is 38.8. The third kappa shape index (κ3) is 3.12. The van der Waals surface area contributed by atoms with Crippen LogP contribution in [-0.4, -0.2) is 4.98 Å². The fraction of sp³-hybridized carbons (Fsp3) is 0.357. The quantitative estimate of drug-likeness (QED) is 0.867. The molecule has 20 heavy (non-hydrogen) atoms. The summed E-state index contributed by atoms with van der Waals surface area (Å²) >= 11 is 1.50. The van der Waals surface area contributed by atoms with Crippen LogP contribution in [0.3, 0.4) is 0 Å². The molecule has 1 unspecified atom stereocenters. The number of alkyl halides is 3. The molecule has 0 saturated carbocycles. The third-order valence-corrected chi connectivity index (χ3v) is 4.19. The maximum Gasteiger partial charge on any atom is 0.418 e. The Morgan fingerprint density at radius 2 is 1.85 bits per heavy atom. The maximum absolute atomic E-state index is 12.9. The van der Waals surface area contributed by atoms with Gasteiger partial charge < -0.3 is 5.32 Å². The summed E-state index contributed by atoms with van der Waals surface area (Å²) in [5.74, 6) is 0. The molecule has 0 saturated heterocycles. The van der Waals surface area contributed by atoms with Gasteiger partial charge in [0.2, 0.25) is 0 Å². The summed E-state index contributed by atoms with van der Waals surface area (Å²) in [4.78, 5) is 5.26. The third-order valence-electron chi connectivity index (χ3n) is 2.94. The van der Waals surface area contributed by atoms with Crippen LogP contribution in [0.1, 0.15) is 34.1 Å². The van der Waals surface area contributed by atoms with Crippen molar-refractivity contribution in [2.24, 2.45) is 0 Å². The van der Waals surface area contributed by atoms with Crippen molar-refractivity contribution in [2.45, 2.75) is 33.0 Å². The molecule has 2 rings (SSSR count). The monoisotopic (exact) mass is 300 g/mol. The molecule has 0 amide bonds. The van der Waals surface area contributed by atoms with Crippen LogP contribution in [0.15, 0.2) is 24.3 Å². The molecular formula is C14H15F3N2S. The minimum Gasteiger partial charge on any atom is -0.377 e. The van der Waals surface area contributed by atoms with E-state index >= 15 is 0 Å². The van der Waals surface area contributed by atoms with E-state index in [-0.39, 0.29) is 11.7 Å². The lowest BCUT2D eigenvalue weighted by molar-refractivity contribution is -0.137. The highest BCUT2D eigenvalue weighted by molar-refractivity contribution is 7.11. The molecule has 1 N–H and O–H groups in total. The molecule has 0 spiro atoms. The summed E-state index contributed by atoms with van der Waals surface area (Å²) in [7, 11) is 0. The van der Waals surface area contributed by atoms with Crippen molar-refractivity contribution in [2.75, 3.05) is 5.32 Å². The van der Waals surface area contributed by atoms with Gasteiger partial charge in [-0.05, 0) is 32.9 Å². The molecule has 1 aromatic heterocycles. The van der Waals surface area contributed by atoms with Crippen molar-refractivity contribution in [3.8, 4) is 0 Å². The highest BCUT2D eigenvalue weighted by Crippen LogP contribution is 2.36. The van der Waals surface area contributed by atoms with Gasteiger partial charge in [-0.25, -0.2) is 4.98 Å². The number of anilines is 1. The molecule has 6 heteroatoms. The predicted octanol–water partition coefficient (Wildman–Crippen LogP) is 4.95. The molecule has 0 fully saturated rings. The molecule has 2 aromatic rings. The number of nitrogens with zero attached hydrogens (tertiary/aromatic N) is 1. The van der Waals surface area contributed by atoms with Crippen molar-refractivity contribution >= 4 is 17.0 Å². The number of thiazole rings is 1. The van der Waals surface area contributed by atoms with Crippen molar-refractivity contribution < 1.29 is 13.2 Å². The Morgan fingerprint density at radius 3 is 2.40 bits per heavy atom. The van der Waals surface area contributed by atoms with Crippen molar-refractivity contribution in [1.82, 2.24) is 4.98 Å². The first kappa shape index (κ1) is 14.8. The van der Waals surface area contributed by atoms with E-state index in [4.69, 9.17) is 0 Å². The summed E-state index contributed by atoms with van der Waals surface area (Å²) in [6.07, 6.45) is -4.36. The molecule has 2 nitrogen and oxygen atoms in total. The molecule has 0 aliphatic heterocycles. The zero-order chi connectivity index (χ0) is 14.9. The SMILES string of the molecule is Cc1nc(C)c(C(C)Nc2ccccc2C(F)(F)F)s1. The van der Waals surface area contributed by atoms with Crippen LogP contribution < -0.4 is 5.32 Å². The van der Waals surface area contributed by atoms with Gasteiger partial charge >= 0.3 is 6.18 Å². The van der Waals surface area contributed by atoms with Gasteiger partial charge in [-0.15, -0.1) is 11.3 Å². The topological polar surface area (TPSA) is 24.9 Å². The van der Waals surface area contributed by atoms with Crippen LogP contribution in [-0.2, 0) is 6.18 Å². The zero-order valence-corrected chi connectivity index (χ0v) is 12.2. The number of nitrogens with one attached hydrogen (secondary N) is 1. The number of benzene rings is 1. The van der Waals surface area contributed by atoms with Gasteiger partial charge in [-0.1, -0.05) is 12.1 Å². The first-order chi connectivity index (χ1) is 9.29. The van der Waals surface area contributed by atoms with E-state index in [1.165, 1.54) is 23.5 Å². The second-order valence-electron chi connectivity index (χ2n) is 4.59. The lowest BCUT2D eigenvalue weighted by atomic mass is 10.1. The lowest BCUT2D eigenvalue weighted by Crippen LogP contribution is -2.13. The van der Waals surface area contributed by atoms with Crippen molar-refractivity contribution in [3.63, 3.8) is 0 Å². The van der Waals surface area contributed by atoms with E-state index in [1.807, 2.05) is 20.8 Å². The molecule has 1 atom stereocenters. The highest BCUT2D eigenvalue weighted by atomic mass is 32.1. The fourth-order valence-corrected chi connectivity index (χ4v) is 3.03. The summed E-state index contributed by atoms with van der Waals surface area (Å²) in [6, 6.07) is 5.29. The molecule has 1 heterocycles. The van der Waals surface area contributed by atoms with Gasteiger partial charge in [0.05, 0.1) is 22.3 Å². The smallest absolute Gasteiger partial charge is 0.377 e. The molecular weight excluding hydrogens is 285 g/mol. The molecule has 108 valence electrons. The van der Waals surface area contributed by atoms with Crippen LogP contribution >= 0.6 is 11.3 Å². The Labute approximate surface area is 119 Å². The minimum absolute atomic E-state index is 0.0953. The van der Waals surface area contributed by atoms with Crippen LogP contribution in [0.2, 0.25) is 0 Å². The Morgan fingerprint density at radius 1 is 1.20 bits per heavy atom. The van der Waals surface area contributed by atoms with E-state index in [9.17, 15) is 13.2 Å². The van der Waals surface area contributed by atoms with Gasteiger partial charge in [-0.3, -0.25) is 0 Å². The Bertz CT molecular complexity index is 605. The standard InChI is InChI=1S/C14H15F3N2S/c1-8-13(20-10(3)18-8)9(2)19-12-7-5-4-6-11(12)14(15,16)17/h4-7,9,19H,1-3H3. The largest absolute Gasteiger partial charge is 0.418 e. The van der Waals surface area contributed by atoms with E-state index in [0.717, 1.165) is 21.6 Å². The average molecular weight is 300 g/mol. The number of rotatable bonds is 3. The summed E-state index contributed by atoms with van der Waals surface area (Å²) in [5, 5.41) is 3.85. The van der Waals surface area contributed by atoms with Crippen molar-refractivity contribution in [3.05, 3.63) is 45.4 Å². The number of hydrogen-bond acceptors (Lipinski definition) is 3. The maximum atomic E-state index is 12.9. The second kappa shape index (κ2) is 5.44. The number of halogens is 3. The van der Waals surface area contributed by atoms with Gasteiger partial charge in [0.25, 0.3) is 0 Å². The Hall–Kier alpha value is -1.56. The second-order valence-corrected chi connectivity index (χ2v) is 5.83. The van der Waals surface area contributed by atoms with Crippen LogP contribution in [0.25, 0.3) is 0 Å². The van der Waals surface area contributed by atoms with Crippen LogP contribution in [0, 0.1) is 13.8 Å². The van der Waals surface area contributed by atoms with Crippen LogP contribution in [0.4, 0.5) is 18.9 Å². The van der Waals surface area contributed by atoms with Gasteiger partial charge in [0.1, 0.15) is 0 Å².